The summed E-state index contributed by atoms with van der Waals surface area (Å²) in [7, 11) is -2.64. The Kier molecular flexibility index (Phi) is 15.0. The zero-order valence-corrected chi connectivity index (χ0v) is 15.3. The van der Waals surface area contributed by atoms with Crippen LogP contribution in [0.3, 0.4) is 0 Å². The van der Waals surface area contributed by atoms with Gasteiger partial charge in [0.25, 0.3) is 0 Å². The van der Waals surface area contributed by atoms with Gasteiger partial charge in [0.15, 0.2) is 0 Å². The molecule has 0 N–H and O–H groups in total. The highest BCUT2D eigenvalue weighted by Gasteiger charge is 2.39. The molecule has 0 saturated heterocycles. The van der Waals surface area contributed by atoms with Crippen molar-refractivity contribution in [1.82, 2.24) is 0 Å². The van der Waals surface area contributed by atoms with E-state index in [1.165, 1.54) is 44.9 Å². The molecule has 3 nitrogen and oxygen atoms in total. The van der Waals surface area contributed by atoms with Gasteiger partial charge >= 0.3 is 8.80 Å². The van der Waals surface area contributed by atoms with Gasteiger partial charge in [-0.1, -0.05) is 51.9 Å². The Balaban J connectivity index is 3.92. The minimum Gasteiger partial charge on any atom is -0.374 e. The molecule has 0 aliphatic carbocycles. The first-order valence-corrected chi connectivity index (χ1v) is 10.7. The molecule has 0 radical (unpaired) electrons. The second-order valence-corrected chi connectivity index (χ2v) is 8.04. The molecule has 0 saturated carbocycles. The fraction of sp³-hybridized carbons (Fsp3) is 1.00. The van der Waals surface area contributed by atoms with Gasteiger partial charge in [0.2, 0.25) is 0 Å². The Morgan fingerprint density at radius 2 is 1.24 bits per heavy atom. The predicted molar refractivity (Wildman–Crippen MR) is 88.4 cm³/mol. The molecule has 0 atom stereocenters. The van der Waals surface area contributed by atoms with E-state index in [1.54, 1.807) is 0 Å². The molecule has 0 fully saturated rings. The standard InChI is InChI=1S/C16H35FO3Si/c1-4-7-8-9-10-11-12-13-16-21(18-5-2,19-6-3)20-15-14-17/h4-16H2,1-3H3. The van der Waals surface area contributed by atoms with Crippen LogP contribution < -0.4 is 0 Å². The van der Waals surface area contributed by atoms with Gasteiger partial charge in [-0.15, -0.1) is 0 Å². The third-order valence-electron chi connectivity index (χ3n) is 3.46. The highest BCUT2D eigenvalue weighted by atomic mass is 28.4. The quantitative estimate of drug-likeness (QED) is 0.291. The smallest absolute Gasteiger partial charge is 0.374 e. The summed E-state index contributed by atoms with van der Waals surface area (Å²) in [6.45, 7) is 6.85. The molecule has 0 bridgehead atoms. The molecule has 0 aliphatic heterocycles. The molecule has 0 heterocycles. The highest BCUT2D eigenvalue weighted by molar-refractivity contribution is 6.60. The van der Waals surface area contributed by atoms with Crippen LogP contribution in [0.1, 0.15) is 72.1 Å². The van der Waals surface area contributed by atoms with Crippen LogP contribution in [0, 0.1) is 0 Å². The molecule has 0 aromatic rings. The fourth-order valence-electron chi connectivity index (χ4n) is 2.45. The Hall–Kier alpha value is 0.0269. The molecule has 5 heteroatoms. The summed E-state index contributed by atoms with van der Waals surface area (Å²) in [6.07, 6.45) is 10.1. The van der Waals surface area contributed by atoms with Crippen LogP contribution in [0.4, 0.5) is 4.39 Å². The maximum atomic E-state index is 12.4. The van der Waals surface area contributed by atoms with E-state index in [2.05, 4.69) is 6.92 Å². The third kappa shape index (κ3) is 11.3. The zero-order chi connectivity index (χ0) is 15.8. The first-order chi connectivity index (χ1) is 10.2. The molecule has 0 unspecified atom stereocenters. The molecule has 128 valence electrons. The van der Waals surface area contributed by atoms with Crippen LogP contribution >= 0.6 is 0 Å². The Morgan fingerprint density at radius 1 is 0.714 bits per heavy atom. The van der Waals surface area contributed by atoms with Crippen LogP contribution in [0.15, 0.2) is 0 Å². The molecule has 21 heavy (non-hydrogen) atoms. The number of rotatable bonds is 16. The van der Waals surface area contributed by atoms with Crippen molar-refractivity contribution in [2.45, 2.75) is 78.2 Å². The second-order valence-electron chi connectivity index (χ2n) is 5.31. The summed E-state index contributed by atoms with van der Waals surface area (Å²) in [6, 6.07) is 0.809. The predicted octanol–water partition coefficient (Wildman–Crippen LogP) is 5.13. The minimum absolute atomic E-state index is 0.0865. The third-order valence-corrected chi connectivity index (χ3v) is 6.53. The monoisotopic (exact) mass is 322 g/mol. The molecule has 0 aromatic carbocycles. The van der Waals surface area contributed by atoms with Crippen LogP contribution in [0.5, 0.6) is 0 Å². The largest absolute Gasteiger partial charge is 0.501 e. The van der Waals surface area contributed by atoms with Crippen molar-refractivity contribution in [2.75, 3.05) is 26.5 Å². The number of unbranched alkanes of at least 4 members (excludes halogenated alkanes) is 7. The molecule has 0 aliphatic rings. The SMILES string of the molecule is CCCCCCCCCC[Si](OCC)(OCC)OCCF. The van der Waals surface area contributed by atoms with Crippen molar-refractivity contribution in [3.05, 3.63) is 0 Å². The van der Waals surface area contributed by atoms with E-state index in [9.17, 15) is 4.39 Å². The van der Waals surface area contributed by atoms with Crippen molar-refractivity contribution < 1.29 is 17.7 Å². The second kappa shape index (κ2) is 14.9. The van der Waals surface area contributed by atoms with Gasteiger partial charge in [0.1, 0.15) is 6.67 Å². The number of halogens is 1. The van der Waals surface area contributed by atoms with Gasteiger partial charge in [0, 0.05) is 19.3 Å². The lowest BCUT2D eigenvalue weighted by molar-refractivity contribution is 0.0617. The summed E-state index contributed by atoms with van der Waals surface area (Å²) in [5.41, 5.74) is 0. The summed E-state index contributed by atoms with van der Waals surface area (Å²) < 4.78 is 29.5. The lowest BCUT2D eigenvalue weighted by Gasteiger charge is -2.28. The van der Waals surface area contributed by atoms with E-state index in [0.717, 1.165) is 12.5 Å². The van der Waals surface area contributed by atoms with Crippen molar-refractivity contribution in [3.63, 3.8) is 0 Å². The van der Waals surface area contributed by atoms with E-state index >= 15 is 0 Å². The van der Waals surface area contributed by atoms with Gasteiger partial charge in [-0.3, -0.25) is 0 Å². The molecule has 0 amide bonds. The van der Waals surface area contributed by atoms with Gasteiger partial charge in [0.05, 0.1) is 6.61 Å². The van der Waals surface area contributed by atoms with Crippen LogP contribution in [0.2, 0.25) is 6.04 Å². The Morgan fingerprint density at radius 3 is 1.71 bits per heavy atom. The number of hydrogen-bond acceptors (Lipinski definition) is 3. The minimum atomic E-state index is -2.64. The van der Waals surface area contributed by atoms with Gasteiger partial charge in [-0.2, -0.15) is 0 Å². The average Bonchev–Trinajstić information content (AvgIpc) is 2.48. The van der Waals surface area contributed by atoms with E-state index in [1.807, 2.05) is 13.8 Å². The van der Waals surface area contributed by atoms with Gasteiger partial charge in [-0.25, -0.2) is 4.39 Å². The summed E-state index contributed by atoms with van der Waals surface area (Å²) in [5.74, 6) is 0. The van der Waals surface area contributed by atoms with Crippen LogP contribution in [-0.2, 0) is 13.3 Å². The summed E-state index contributed by atoms with van der Waals surface area (Å²) >= 11 is 0. The normalized spacial score (nSPS) is 12.0. The van der Waals surface area contributed by atoms with E-state index < -0.39 is 15.5 Å². The molecule has 0 rings (SSSR count). The van der Waals surface area contributed by atoms with Gasteiger partial charge < -0.3 is 13.3 Å². The fourth-order valence-corrected chi connectivity index (χ4v) is 5.08. The van der Waals surface area contributed by atoms with Crippen LogP contribution in [-0.4, -0.2) is 35.3 Å². The summed E-state index contributed by atoms with van der Waals surface area (Å²) in [4.78, 5) is 0. The molecule has 0 spiro atoms. The van der Waals surface area contributed by atoms with Crippen molar-refractivity contribution in [2.24, 2.45) is 0 Å². The lowest BCUT2D eigenvalue weighted by atomic mass is 10.1. The maximum Gasteiger partial charge on any atom is 0.501 e. The summed E-state index contributed by atoms with van der Waals surface area (Å²) in [5, 5.41) is 0. The average molecular weight is 323 g/mol. The topological polar surface area (TPSA) is 27.7 Å². The number of hydrogen-bond donors (Lipinski definition) is 0. The number of alkyl halides is 1. The highest BCUT2D eigenvalue weighted by Crippen LogP contribution is 2.21. The van der Waals surface area contributed by atoms with E-state index in [-0.39, 0.29) is 6.61 Å². The first-order valence-electron chi connectivity index (χ1n) is 8.72. The van der Waals surface area contributed by atoms with Gasteiger partial charge in [-0.05, 0) is 20.3 Å². The van der Waals surface area contributed by atoms with Crippen molar-refractivity contribution in [3.8, 4) is 0 Å². The first kappa shape index (κ1) is 21.0. The zero-order valence-electron chi connectivity index (χ0n) is 14.3. The molecule has 0 aromatic heterocycles. The maximum absolute atomic E-state index is 12.4. The van der Waals surface area contributed by atoms with E-state index in [4.69, 9.17) is 13.3 Å². The van der Waals surface area contributed by atoms with Crippen molar-refractivity contribution >= 4 is 8.80 Å². The van der Waals surface area contributed by atoms with Crippen LogP contribution in [0.25, 0.3) is 0 Å². The Labute approximate surface area is 131 Å². The lowest BCUT2D eigenvalue weighted by Crippen LogP contribution is -2.46. The van der Waals surface area contributed by atoms with E-state index in [0.29, 0.717) is 13.2 Å². The molecular weight excluding hydrogens is 287 g/mol. The molecular formula is C16H35FO3Si. The Bertz CT molecular complexity index is 212. The van der Waals surface area contributed by atoms with Crippen molar-refractivity contribution in [1.29, 1.82) is 0 Å².